The van der Waals surface area contributed by atoms with Crippen molar-refractivity contribution < 1.29 is 13.6 Å². The first-order valence-electron chi connectivity index (χ1n) is 7.91. The van der Waals surface area contributed by atoms with Crippen LogP contribution in [0, 0.1) is 17.2 Å². The molecule has 2 aromatic heterocycles. The Bertz CT molecular complexity index is 825. The monoisotopic (exact) mass is 359 g/mol. The number of nitrogens with one attached hydrogen (secondary N) is 1. The second-order valence-electron chi connectivity index (χ2n) is 5.79. The van der Waals surface area contributed by atoms with Gasteiger partial charge in [0.05, 0.1) is 5.92 Å². The normalized spacial score (nSPS) is 18.8. The van der Waals surface area contributed by atoms with Gasteiger partial charge in [0, 0.05) is 44.6 Å². The van der Waals surface area contributed by atoms with E-state index < -0.39 is 17.7 Å². The van der Waals surface area contributed by atoms with E-state index in [1.807, 2.05) is 6.07 Å². The molecule has 0 radical (unpaired) electrons. The van der Waals surface area contributed by atoms with E-state index in [-0.39, 0.29) is 37.7 Å². The molecule has 134 valence electrons. The Balaban J connectivity index is 1.68. The van der Waals surface area contributed by atoms with E-state index in [1.165, 1.54) is 18.6 Å². The van der Waals surface area contributed by atoms with E-state index in [0.717, 1.165) is 0 Å². The van der Waals surface area contributed by atoms with Gasteiger partial charge >= 0.3 is 0 Å². The van der Waals surface area contributed by atoms with Crippen LogP contribution in [0.4, 0.5) is 14.6 Å². The minimum Gasteiger partial charge on any atom is -0.356 e. The highest BCUT2D eigenvalue weighted by Crippen LogP contribution is 2.34. The maximum Gasteiger partial charge on any atom is 0.289 e. The lowest BCUT2D eigenvalue weighted by Crippen LogP contribution is -2.51. The van der Waals surface area contributed by atoms with E-state index >= 15 is 0 Å². The Hall–Kier alpha value is -3.22. The number of carbonyl (C=O) groups excluding carboxylic acids is 1. The van der Waals surface area contributed by atoms with Crippen LogP contribution in [0.3, 0.4) is 0 Å². The first-order chi connectivity index (χ1) is 12.5. The Labute approximate surface area is 147 Å². The lowest BCUT2D eigenvalue weighted by molar-refractivity contribution is -0.0703. The fourth-order valence-corrected chi connectivity index (χ4v) is 2.69. The number of alkyl halides is 2. The molecule has 1 atom stereocenters. The van der Waals surface area contributed by atoms with Gasteiger partial charge in [-0.25, -0.2) is 28.7 Å². The zero-order chi connectivity index (χ0) is 18.6. The van der Waals surface area contributed by atoms with Crippen molar-refractivity contribution in [3.63, 3.8) is 0 Å². The maximum atomic E-state index is 14.3. The van der Waals surface area contributed by atoms with Gasteiger partial charge in [0.2, 0.25) is 11.6 Å². The highest BCUT2D eigenvalue weighted by atomic mass is 19.3. The molecule has 1 amide bonds. The SMILES string of the molecule is N#Cc1nccc(N2CCC(F)(F)C(CNC(=O)c3ncccn3)C2)n1. The van der Waals surface area contributed by atoms with Crippen LogP contribution >= 0.6 is 0 Å². The van der Waals surface area contributed by atoms with Crippen molar-refractivity contribution in [3.05, 3.63) is 42.4 Å². The van der Waals surface area contributed by atoms with Crippen molar-refractivity contribution in [1.29, 1.82) is 5.26 Å². The third kappa shape index (κ3) is 3.88. The van der Waals surface area contributed by atoms with Crippen molar-refractivity contribution in [2.75, 3.05) is 24.5 Å². The van der Waals surface area contributed by atoms with Crippen molar-refractivity contribution in [2.45, 2.75) is 12.3 Å². The second-order valence-corrected chi connectivity index (χ2v) is 5.79. The highest BCUT2D eigenvalue weighted by molar-refractivity contribution is 5.90. The summed E-state index contributed by atoms with van der Waals surface area (Å²) in [5, 5.41) is 11.3. The summed E-state index contributed by atoms with van der Waals surface area (Å²) in [4.78, 5) is 29.0. The molecule has 1 fully saturated rings. The first kappa shape index (κ1) is 17.6. The van der Waals surface area contributed by atoms with Crippen molar-refractivity contribution in [3.8, 4) is 6.07 Å². The molecule has 10 heteroatoms. The van der Waals surface area contributed by atoms with E-state index in [2.05, 4.69) is 25.3 Å². The van der Waals surface area contributed by atoms with Gasteiger partial charge in [0.1, 0.15) is 11.9 Å². The van der Waals surface area contributed by atoms with E-state index in [1.54, 1.807) is 17.0 Å². The summed E-state index contributed by atoms with van der Waals surface area (Å²) in [7, 11) is 0. The molecule has 0 bridgehead atoms. The summed E-state index contributed by atoms with van der Waals surface area (Å²) in [6.07, 6.45) is 3.85. The summed E-state index contributed by atoms with van der Waals surface area (Å²) < 4.78 is 28.5. The molecule has 8 nitrogen and oxygen atoms in total. The number of hydrogen-bond acceptors (Lipinski definition) is 7. The topological polar surface area (TPSA) is 108 Å². The number of nitriles is 1. The number of aromatic nitrogens is 4. The third-order valence-electron chi connectivity index (χ3n) is 4.10. The summed E-state index contributed by atoms with van der Waals surface area (Å²) in [5.74, 6) is -4.32. The number of rotatable bonds is 4. The molecular formula is C16H15F2N7O. The number of halogens is 2. The minimum absolute atomic E-state index is 0.00912. The largest absolute Gasteiger partial charge is 0.356 e. The van der Waals surface area contributed by atoms with Gasteiger partial charge in [-0.3, -0.25) is 4.79 Å². The Morgan fingerprint density at radius 2 is 2.12 bits per heavy atom. The predicted octanol–water partition coefficient (Wildman–Crippen LogP) is 1.03. The molecule has 1 saturated heterocycles. The smallest absolute Gasteiger partial charge is 0.289 e. The van der Waals surface area contributed by atoms with Crippen LogP contribution in [0.25, 0.3) is 0 Å². The molecule has 0 aliphatic carbocycles. The van der Waals surface area contributed by atoms with E-state index in [0.29, 0.717) is 5.82 Å². The van der Waals surface area contributed by atoms with E-state index in [4.69, 9.17) is 5.26 Å². The molecule has 1 aliphatic rings. The molecule has 3 rings (SSSR count). The molecule has 0 saturated carbocycles. The van der Waals surface area contributed by atoms with Gasteiger partial charge in [0.25, 0.3) is 11.8 Å². The average molecular weight is 359 g/mol. The van der Waals surface area contributed by atoms with Crippen LogP contribution < -0.4 is 10.2 Å². The summed E-state index contributed by atoms with van der Waals surface area (Å²) >= 11 is 0. The molecule has 3 heterocycles. The zero-order valence-electron chi connectivity index (χ0n) is 13.6. The molecule has 26 heavy (non-hydrogen) atoms. The van der Waals surface area contributed by atoms with Crippen LogP contribution in [0.15, 0.2) is 30.7 Å². The molecule has 1 unspecified atom stereocenters. The molecule has 0 spiro atoms. The predicted molar refractivity (Wildman–Crippen MR) is 86.4 cm³/mol. The van der Waals surface area contributed by atoms with Gasteiger partial charge in [0.15, 0.2) is 0 Å². The van der Waals surface area contributed by atoms with Crippen LogP contribution in [-0.2, 0) is 0 Å². The fraction of sp³-hybridized carbons (Fsp3) is 0.375. The van der Waals surface area contributed by atoms with Crippen molar-refractivity contribution in [1.82, 2.24) is 25.3 Å². The summed E-state index contributed by atoms with van der Waals surface area (Å²) in [6.45, 7) is -0.136. The number of piperidine rings is 1. The number of amides is 1. The minimum atomic E-state index is -2.92. The fourth-order valence-electron chi connectivity index (χ4n) is 2.69. The number of hydrogen-bond donors (Lipinski definition) is 1. The van der Waals surface area contributed by atoms with Crippen LogP contribution in [0.1, 0.15) is 22.9 Å². The third-order valence-corrected chi connectivity index (χ3v) is 4.10. The zero-order valence-corrected chi connectivity index (χ0v) is 13.6. The second kappa shape index (κ2) is 7.35. The summed E-state index contributed by atoms with van der Waals surface area (Å²) in [5.41, 5.74) is 0. The quantitative estimate of drug-likeness (QED) is 0.868. The molecular weight excluding hydrogens is 344 g/mol. The van der Waals surface area contributed by atoms with Crippen LogP contribution in [0.2, 0.25) is 0 Å². The number of anilines is 1. The van der Waals surface area contributed by atoms with Crippen LogP contribution in [0.5, 0.6) is 0 Å². The van der Waals surface area contributed by atoms with Gasteiger partial charge < -0.3 is 10.2 Å². The Morgan fingerprint density at radius 1 is 1.35 bits per heavy atom. The first-order valence-corrected chi connectivity index (χ1v) is 7.91. The lowest BCUT2D eigenvalue weighted by Gasteiger charge is -2.38. The number of carbonyl (C=O) groups is 1. The van der Waals surface area contributed by atoms with Gasteiger partial charge in [-0.1, -0.05) is 0 Å². The Morgan fingerprint density at radius 3 is 2.85 bits per heavy atom. The van der Waals surface area contributed by atoms with Crippen molar-refractivity contribution >= 4 is 11.7 Å². The summed E-state index contributed by atoms with van der Waals surface area (Å²) in [6, 6.07) is 4.95. The van der Waals surface area contributed by atoms with Gasteiger partial charge in [-0.05, 0) is 12.1 Å². The van der Waals surface area contributed by atoms with Gasteiger partial charge in [-0.2, -0.15) is 5.26 Å². The van der Waals surface area contributed by atoms with Crippen molar-refractivity contribution in [2.24, 2.45) is 5.92 Å². The molecule has 1 aliphatic heterocycles. The van der Waals surface area contributed by atoms with Gasteiger partial charge in [-0.15, -0.1) is 0 Å². The molecule has 2 aromatic rings. The molecule has 0 aromatic carbocycles. The standard InChI is InChI=1S/C16H15F2N7O/c17-16(18)3-7-25(13-2-6-20-12(8-19)24-13)10-11(16)9-23-15(26)14-21-4-1-5-22-14/h1-2,4-6,11H,3,7,9-10H2,(H,23,26). The average Bonchev–Trinajstić information content (AvgIpc) is 2.67. The number of nitrogens with zero attached hydrogens (tertiary/aromatic N) is 6. The van der Waals surface area contributed by atoms with Crippen LogP contribution in [-0.4, -0.2) is 51.4 Å². The van der Waals surface area contributed by atoms with E-state index in [9.17, 15) is 13.6 Å². The Kier molecular flexibility index (Phi) is 4.97. The highest BCUT2D eigenvalue weighted by Gasteiger charge is 2.44. The molecule has 1 N–H and O–H groups in total. The maximum absolute atomic E-state index is 14.3. The lowest BCUT2D eigenvalue weighted by atomic mass is 9.93.